The number of carbonyl (C=O) groups is 1. The Morgan fingerprint density at radius 3 is 2.56 bits per heavy atom. The minimum Gasteiger partial charge on any atom is -0.493 e. The van der Waals surface area contributed by atoms with Gasteiger partial charge in [0, 0.05) is 11.9 Å². The fourth-order valence-corrected chi connectivity index (χ4v) is 1.92. The van der Waals surface area contributed by atoms with Crippen LogP contribution in [0.1, 0.15) is 0 Å². The Bertz CT molecular complexity index is 368. The molecule has 0 heterocycles. The zero-order chi connectivity index (χ0) is 12.0. The van der Waals surface area contributed by atoms with E-state index >= 15 is 0 Å². The summed E-state index contributed by atoms with van der Waals surface area (Å²) in [5.74, 6) is 1.75. The molecule has 1 rings (SSSR count). The van der Waals surface area contributed by atoms with E-state index in [0.717, 1.165) is 4.90 Å². The van der Waals surface area contributed by atoms with Gasteiger partial charge in [-0.15, -0.1) is 11.8 Å². The van der Waals surface area contributed by atoms with E-state index in [-0.39, 0.29) is 5.91 Å². The average Bonchev–Trinajstić information content (AvgIpc) is 2.35. The molecule has 0 bridgehead atoms. The lowest BCUT2D eigenvalue weighted by atomic mass is 10.3. The highest BCUT2D eigenvalue weighted by molar-refractivity contribution is 8.00. The first-order chi connectivity index (χ1) is 7.71. The van der Waals surface area contributed by atoms with Crippen LogP contribution in [0.3, 0.4) is 0 Å². The summed E-state index contributed by atoms with van der Waals surface area (Å²) < 4.78 is 10.3. The summed E-state index contributed by atoms with van der Waals surface area (Å²) in [6.07, 6.45) is 0. The molecule has 88 valence electrons. The number of ether oxygens (including phenoxy) is 2. The molecule has 0 aliphatic heterocycles. The summed E-state index contributed by atoms with van der Waals surface area (Å²) in [6, 6.07) is 5.58. The molecule has 0 spiro atoms. The van der Waals surface area contributed by atoms with E-state index in [0.29, 0.717) is 17.3 Å². The Hall–Kier alpha value is -1.36. The van der Waals surface area contributed by atoms with E-state index in [1.807, 2.05) is 18.2 Å². The van der Waals surface area contributed by atoms with Crippen LogP contribution in [-0.2, 0) is 4.79 Å². The normalized spacial score (nSPS) is 9.69. The van der Waals surface area contributed by atoms with Gasteiger partial charge >= 0.3 is 0 Å². The molecule has 0 aliphatic carbocycles. The first-order valence-electron chi connectivity index (χ1n) is 4.76. The molecule has 0 radical (unpaired) electrons. The topological polar surface area (TPSA) is 47.6 Å². The lowest BCUT2D eigenvalue weighted by Gasteiger charge is -2.08. The fourth-order valence-electron chi connectivity index (χ4n) is 1.13. The quantitative estimate of drug-likeness (QED) is 0.794. The first-order valence-corrected chi connectivity index (χ1v) is 5.75. The van der Waals surface area contributed by atoms with E-state index < -0.39 is 0 Å². The molecule has 4 nitrogen and oxygen atoms in total. The summed E-state index contributed by atoms with van der Waals surface area (Å²) in [5, 5.41) is 2.57. The molecule has 0 fully saturated rings. The number of methoxy groups -OCH3 is 2. The largest absolute Gasteiger partial charge is 0.493 e. The molecule has 1 N–H and O–H groups in total. The molecule has 1 aromatic rings. The van der Waals surface area contributed by atoms with Crippen molar-refractivity contribution in [3.63, 3.8) is 0 Å². The van der Waals surface area contributed by atoms with Crippen LogP contribution in [0.15, 0.2) is 23.1 Å². The van der Waals surface area contributed by atoms with Crippen molar-refractivity contribution in [3.8, 4) is 11.5 Å². The van der Waals surface area contributed by atoms with Gasteiger partial charge < -0.3 is 14.8 Å². The van der Waals surface area contributed by atoms with Gasteiger partial charge in [-0.3, -0.25) is 4.79 Å². The minimum atomic E-state index is -0.000199. The Morgan fingerprint density at radius 2 is 2.00 bits per heavy atom. The van der Waals surface area contributed by atoms with Crippen molar-refractivity contribution in [2.24, 2.45) is 0 Å². The van der Waals surface area contributed by atoms with Crippen LogP contribution in [0.5, 0.6) is 11.5 Å². The summed E-state index contributed by atoms with van der Waals surface area (Å²) in [5.41, 5.74) is 0. The van der Waals surface area contributed by atoms with Crippen molar-refractivity contribution < 1.29 is 14.3 Å². The Morgan fingerprint density at radius 1 is 1.31 bits per heavy atom. The number of hydrogen-bond donors (Lipinski definition) is 1. The van der Waals surface area contributed by atoms with Crippen LogP contribution in [0.4, 0.5) is 0 Å². The van der Waals surface area contributed by atoms with E-state index in [1.165, 1.54) is 11.8 Å². The molecule has 0 aromatic heterocycles. The molecule has 1 aromatic carbocycles. The lowest BCUT2D eigenvalue weighted by Crippen LogP contribution is -2.19. The van der Waals surface area contributed by atoms with Crippen molar-refractivity contribution >= 4 is 17.7 Å². The Balaban J connectivity index is 2.71. The zero-order valence-electron chi connectivity index (χ0n) is 9.57. The van der Waals surface area contributed by atoms with Gasteiger partial charge in [0.2, 0.25) is 5.91 Å². The molecular weight excluding hydrogens is 226 g/mol. The van der Waals surface area contributed by atoms with Gasteiger partial charge in [-0.05, 0) is 18.2 Å². The maximum absolute atomic E-state index is 11.1. The third-order valence-electron chi connectivity index (χ3n) is 2.00. The van der Waals surface area contributed by atoms with Gasteiger partial charge in [0.05, 0.1) is 20.0 Å². The summed E-state index contributed by atoms with van der Waals surface area (Å²) in [4.78, 5) is 12.0. The predicted molar refractivity (Wildman–Crippen MR) is 64.3 cm³/mol. The second-order valence-electron chi connectivity index (χ2n) is 2.98. The monoisotopic (exact) mass is 241 g/mol. The maximum atomic E-state index is 11.1. The molecule has 1 amide bonds. The molecule has 0 saturated heterocycles. The molecule has 5 heteroatoms. The van der Waals surface area contributed by atoms with Gasteiger partial charge in [0.25, 0.3) is 0 Å². The van der Waals surface area contributed by atoms with E-state index in [9.17, 15) is 4.79 Å². The van der Waals surface area contributed by atoms with Gasteiger partial charge in [-0.1, -0.05) is 0 Å². The van der Waals surface area contributed by atoms with Crippen LogP contribution in [-0.4, -0.2) is 32.9 Å². The van der Waals surface area contributed by atoms with Gasteiger partial charge in [-0.25, -0.2) is 0 Å². The number of amides is 1. The number of nitrogens with one attached hydrogen (secondary N) is 1. The second kappa shape index (κ2) is 6.27. The standard InChI is InChI=1S/C11H15NO3S/c1-12-11(13)7-16-8-4-5-9(14-2)10(6-8)15-3/h4-6H,7H2,1-3H3,(H,12,13). The summed E-state index contributed by atoms with van der Waals surface area (Å²) >= 11 is 1.45. The van der Waals surface area contributed by atoms with Crippen LogP contribution in [0.25, 0.3) is 0 Å². The molecule has 0 atom stereocenters. The molecule has 0 unspecified atom stereocenters. The number of hydrogen-bond acceptors (Lipinski definition) is 4. The second-order valence-corrected chi connectivity index (χ2v) is 4.03. The van der Waals surface area contributed by atoms with E-state index in [2.05, 4.69) is 5.32 Å². The predicted octanol–water partition coefficient (Wildman–Crippen LogP) is 1.54. The fraction of sp³-hybridized carbons (Fsp3) is 0.364. The van der Waals surface area contributed by atoms with Gasteiger partial charge in [0.15, 0.2) is 11.5 Å². The van der Waals surface area contributed by atoms with Crippen molar-refractivity contribution in [1.82, 2.24) is 5.32 Å². The van der Waals surface area contributed by atoms with E-state index in [1.54, 1.807) is 21.3 Å². The van der Waals surface area contributed by atoms with Crippen LogP contribution < -0.4 is 14.8 Å². The number of rotatable bonds is 5. The third-order valence-corrected chi connectivity index (χ3v) is 3.00. The number of carbonyl (C=O) groups excluding carboxylic acids is 1. The van der Waals surface area contributed by atoms with Crippen molar-refractivity contribution in [2.75, 3.05) is 27.0 Å². The summed E-state index contributed by atoms with van der Waals surface area (Å²) in [7, 11) is 4.80. The van der Waals surface area contributed by atoms with E-state index in [4.69, 9.17) is 9.47 Å². The smallest absolute Gasteiger partial charge is 0.230 e. The van der Waals surface area contributed by atoms with Crippen molar-refractivity contribution in [3.05, 3.63) is 18.2 Å². The molecule has 0 saturated carbocycles. The van der Waals surface area contributed by atoms with Crippen LogP contribution >= 0.6 is 11.8 Å². The highest BCUT2D eigenvalue weighted by Gasteiger charge is 2.06. The molecule has 16 heavy (non-hydrogen) atoms. The lowest BCUT2D eigenvalue weighted by molar-refractivity contribution is -0.118. The SMILES string of the molecule is CNC(=O)CSc1ccc(OC)c(OC)c1. The zero-order valence-corrected chi connectivity index (χ0v) is 10.4. The van der Waals surface area contributed by atoms with Gasteiger partial charge in [-0.2, -0.15) is 0 Å². The summed E-state index contributed by atoms with van der Waals surface area (Å²) in [6.45, 7) is 0. The first kappa shape index (κ1) is 12.7. The van der Waals surface area contributed by atoms with Crippen molar-refractivity contribution in [1.29, 1.82) is 0 Å². The maximum Gasteiger partial charge on any atom is 0.230 e. The molecular formula is C11H15NO3S. The van der Waals surface area contributed by atoms with Crippen molar-refractivity contribution in [2.45, 2.75) is 4.90 Å². The van der Waals surface area contributed by atoms with Gasteiger partial charge in [0.1, 0.15) is 0 Å². The number of benzene rings is 1. The minimum absolute atomic E-state index is 0.000199. The van der Waals surface area contributed by atoms with Crippen LogP contribution in [0.2, 0.25) is 0 Å². The third kappa shape index (κ3) is 3.34. The number of thioether (sulfide) groups is 1. The Labute approximate surface area is 99.3 Å². The molecule has 0 aliphatic rings. The highest BCUT2D eigenvalue weighted by Crippen LogP contribution is 2.31. The highest BCUT2D eigenvalue weighted by atomic mass is 32.2. The Kier molecular flexibility index (Phi) is 4.98. The average molecular weight is 241 g/mol. The van der Waals surface area contributed by atoms with Crippen LogP contribution in [0, 0.1) is 0 Å².